The van der Waals surface area contributed by atoms with Crippen molar-refractivity contribution in [2.45, 2.75) is 37.5 Å². The van der Waals surface area contributed by atoms with Crippen molar-refractivity contribution in [3.8, 4) is 0 Å². The van der Waals surface area contributed by atoms with Gasteiger partial charge in [-0.25, -0.2) is 0 Å². The number of nitrogens with two attached hydrogens (primary N) is 1. The van der Waals surface area contributed by atoms with E-state index in [9.17, 15) is 0 Å². The quantitative estimate of drug-likeness (QED) is 0.821. The maximum atomic E-state index is 5.86. The zero-order valence-electron chi connectivity index (χ0n) is 11.8. The molecular weight excluding hydrogens is 250 g/mol. The highest BCUT2D eigenvalue weighted by Gasteiger charge is 2.01. The Balaban J connectivity index is 2.02. The third-order valence-electron chi connectivity index (χ3n) is 3.09. The molecule has 0 aliphatic carbocycles. The van der Waals surface area contributed by atoms with Crippen LogP contribution in [0.3, 0.4) is 0 Å². The Hall–Kier alpha value is -1.25. The van der Waals surface area contributed by atoms with Crippen LogP contribution in [0.5, 0.6) is 0 Å². The van der Waals surface area contributed by atoms with Gasteiger partial charge in [0.1, 0.15) is 0 Å². The van der Waals surface area contributed by atoms with Crippen molar-refractivity contribution in [3.63, 3.8) is 0 Å². The van der Waals surface area contributed by atoms with Gasteiger partial charge >= 0.3 is 0 Å². The lowest BCUT2D eigenvalue weighted by Gasteiger charge is -2.08. The average Bonchev–Trinajstić information content (AvgIpc) is 2.36. The third-order valence-corrected chi connectivity index (χ3v) is 4.18. The maximum absolute atomic E-state index is 5.86. The Morgan fingerprint density at radius 3 is 2.11 bits per heavy atom. The largest absolute Gasteiger partial charge is 0.324 e. The first-order valence-electron chi connectivity index (χ1n) is 6.60. The molecule has 0 unspecified atom stereocenters. The summed E-state index contributed by atoms with van der Waals surface area (Å²) in [5.74, 6) is 1.01. The summed E-state index contributed by atoms with van der Waals surface area (Å²) in [5.41, 5.74) is 11.1. The molecule has 2 aromatic carbocycles. The second kappa shape index (κ2) is 6.27. The van der Waals surface area contributed by atoms with Crippen LogP contribution in [0.1, 0.15) is 35.2 Å². The first kappa shape index (κ1) is 14.2. The molecule has 0 spiro atoms. The van der Waals surface area contributed by atoms with Gasteiger partial charge in [0.15, 0.2) is 0 Å². The predicted molar refractivity (Wildman–Crippen MR) is 84.5 cm³/mol. The molecule has 2 aromatic rings. The third kappa shape index (κ3) is 4.12. The Morgan fingerprint density at radius 2 is 1.58 bits per heavy atom. The molecule has 100 valence electrons. The van der Waals surface area contributed by atoms with E-state index >= 15 is 0 Å². The number of hydrogen-bond acceptors (Lipinski definition) is 2. The Labute approximate surface area is 120 Å². The SMILES string of the molecule is Cc1cc(C)cc(CSc2ccc([C@@H](C)N)cc2)c1. The van der Waals surface area contributed by atoms with E-state index < -0.39 is 0 Å². The molecule has 1 nitrogen and oxygen atoms in total. The minimum atomic E-state index is 0.110. The van der Waals surface area contributed by atoms with E-state index in [1.54, 1.807) is 0 Å². The summed E-state index contributed by atoms with van der Waals surface area (Å²) in [7, 11) is 0. The molecule has 0 amide bonds. The number of rotatable bonds is 4. The van der Waals surface area contributed by atoms with Gasteiger partial charge in [-0.3, -0.25) is 0 Å². The standard InChI is InChI=1S/C17H21NS/c1-12-8-13(2)10-15(9-12)11-19-17-6-4-16(5-7-17)14(3)18/h4-10,14H,11,18H2,1-3H3/t14-/m1/s1. The van der Waals surface area contributed by atoms with Crippen molar-refractivity contribution in [3.05, 3.63) is 64.7 Å². The molecule has 0 saturated carbocycles. The second-order valence-corrected chi connectivity index (χ2v) is 6.19. The van der Waals surface area contributed by atoms with Crippen molar-refractivity contribution < 1.29 is 0 Å². The van der Waals surface area contributed by atoms with Gasteiger partial charge < -0.3 is 5.73 Å². The first-order chi connectivity index (χ1) is 9.04. The minimum Gasteiger partial charge on any atom is -0.324 e. The summed E-state index contributed by atoms with van der Waals surface area (Å²) in [6, 6.07) is 15.4. The van der Waals surface area contributed by atoms with Crippen molar-refractivity contribution in [1.82, 2.24) is 0 Å². The van der Waals surface area contributed by atoms with E-state index in [2.05, 4.69) is 56.3 Å². The molecule has 0 aliphatic rings. The Bertz CT molecular complexity index is 523. The van der Waals surface area contributed by atoms with Crippen LogP contribution in [-0.4, -0.2) is 0 Å². The van der Waals surface area contributed by atoms with E-state index in [0.29, 0.717) is 0 Å². The highest BCUT2D eigenvalue weighted by Crippen LogP contribution is 2.25. The number of aryl methyl sites for hydroxylation is 2. The maximum Gasteiger partial charge on any atom is 0.0266 e. The molecule has 0 fully saturated rings. The van der Waals surface area contributed by atoms with Crippen LogP contribution in [0.25, 0.3) is 0 Å². The predicted octanol–water partition coefficient (Wildman–Crippen LogP) is 4.62. The van der Waals surface area contributed by atoms with Crippen molar-refractivity contribution in [2.24, 2.45) is 5.73 Å². The van der Waals surface area contributed by atoms with Gasteiger partial charge in [-0.05, 0) is 44.0 Å². The van der Waals surface area contributed by atoms with Gasteiger partial charge in [-0.15, -0.1) is 11.8 Å². The normalized spacial score (nSPS) is 12.4. The van der Waals surface area contributed by atoms with Crippen LogP contribution in [0.4, 0.5) is 0 Å². The molecule has 0 aromatic heterocycles. The van der Waals surface area contributed by atoms with E-state index in [4.69, 9.17) is 5.73 Å². The molecule has 0 aliphatic heterocycles. The summed E-state index contributed by atoms with van der Waals surface area (Å²) in [4.78, 5) is 1.29. The number of thioether (sulfide) groups is 1. The average molecular weight is 271 g/mol. The topological polar surface area (TPSA) is 26.0 Å². The van der Waals surface area contributed by atoms with E-state index in [1.807, 2.05) is 18.7 Å². The van der Waals surface area contributed by atoms with Crippen LogP contribution in [0, 0.1) is 13.8 Å². The van der Waals surface area contributed by atoms with Crippen molar-refractivity contribution >= 4 is 11.8 Å². The summed E-state index contributed by atoms with van der Waals surface area (Å²) in [6.07, 6.45) is 0. The molecule has 1 atom stereocenters. The van der Waals surface area contributed by atoms with Gasteiger partial charge in [0.05, 0.1) is 0 Å². The van der Waals surface area contributed by atoms with Crippen LogP contribution in [0.15, 0.2) is 47.4 Å². The Kier molecular flexibility index (Phi) is 4.67. The van der Waals surface area contributed by atoms with Crippen LogP contribution in [-0.2, 0) is 5.75 Å². The lowest BCUT2D eigenvalue weighted by Crippen LogP contribution is -2.04. The van der Waals surface area contributed by atoms with Gasteiger partial charge in [0.2, 0.25) is 0 Å². The molecule has 0 saturated heterocycles. The Morgan fingerprint density at radius 1 is 1.00 bits per heavy atom. The molecule has 2 rings (SSSR count). The van der Waals surface area contributed by atoms with Gasteiger partial charge in [0.25, 0.3) is 0 Å². The summed E-state index contributed by atoms with van der Waals surface area (Å²) in [6.45, 7) is 6.31. The molecule has 0 bridgehead atoms. The fourth-order valence-electron chi connectivity index (χ4n) is 2.19. The summed E-state index contributed by atoms with van der Waals surface area (Å²) < 4.78 is 0. The molecule has 19 heavy (non-hydrogen) atoms. The first-order valence-corrected chi connectivity index (χ1v) is 7.58. The molecule has 0 radical (unpaired) electrons. The van der Waals surface area contributed by atoms with Crippen molar-refractivity contribution in [1.29, 1.82) is 0 Å². The highest BCUT2D eigenvalue weighted by atomic mass is 32.2. The van der Waals surface area contributed by atoms with Crippen LogP contribution in [0.2, 0.25) is 0 Å². The van der Waals surface area contributed by atoms with E-state index in [1.165, 1.54) is 27.1 Å². The summed E-state index contributed by atoms with van der Waals surface area (Å²) in [5, 5.41) is 0. The fourth-order valence-corrected chi connectivity index (χ4v) is 3.02. The van der Waals surface area contributed by atoms with E-state index in [0.717, 1.165) is 5.75 Å². The van der Waals surface area contributed by atoms with E-state index in [-0.39, 0.29) is 6.04 Å². The lowest BCUT2D eigenvalue weighted by molar-refractivity contribution is 0.817. The summed E-state index contributed by atoms with van der Waals surface area (Å²) >= 11 is 1.87. The van der Waals surface area contributed by atoms with Crippen LogP contribution >= 0.6 is 11.8 Å². The zero-order chi connectivity index (χ0) is 13.8. The fraction of sp³-hybridized carbons (Fsp3) is 0.294. The van der Waals surface area contributed by atoms with Crippen molar-refractivity contribution in [2.75, 3.05) is 0 Å². The smallest absolute Gasteiger partial charge is 0.0266 e. The molecular formula is C17H21NS. The highest BCUT2D eigenvalue weighted by molar-refractivity contribution is 7.98. The number of hydrogen-bond donors (Lipinski definition) is 1. The van der Waals surface area contributed by atoms with Gasteiger partial charge in [0, 0.05) is 16.7 Å². The lowest BCUT2D eigenvalue weighted by atomic mass is 10.1. The molecule has 2 heteroatoms. The van der Waals surface area contributed by atoms with Gasteiger partial charge in [-0.2, -0.15) is 0 Å². The minimum absolute atomic E-state index is 0.110. The molecule has 0 heterocycles. The second-order valence-electron chi connectivity index (χ2n) is 5.14. The molecule has 2 N–H and O–H groups in total. The van der Waals surface area contributed by atoms with Crippen LogP contribution < -0.4 is 5.73 Å². The zero-order valence-corrected chi connectivity index (χ0v) is 12.6. The monoisotopic (exact) mass is 271 g/mol. The number of benzene rings is 2. The van der Waals surface area contributed by atoms with Gasteiger partial charge in [-0.1, -0.05) is 41.5 Å².